The van der Waals surface area contributed by atoms with Gasteiger partial charge in [0, 0.05) is 15.8 Å². The molecule has 2 aromatic heterocycles. The molecule has 0 aliphatic heterocycles. The molecule has 0 saturated carbocycles. The smallest absolute Gasteiger partial charge is 0.134 e. The Kier molecular flexibility index (Phi) is 3.07. The molecule has 3 aromatic rings. The van der Waals surface area contributed by atoms with Crippen LogP contribution in [-0.4, -0.2) is 12.0 Å². The van der Waals surface area contributed by atoms with Gasteiger partial charge in [-0.15, -0.1) is 11.3 Å². The summed E-state index contributed by atoms with van der Waals surface area (Å²) < 4.78 is 5.84. The molecule has 0 amide bonds. The van der Waals surface area contributed by atoms with E-state index in [9.17, 15) is 0 Å². The first kappa shape index (κ1) is 11.7. The number of nitrogens with zero attached hydrogens (tertiary/aromatic N) is 1. The van der Waals surface area contributed by atoms with Gasteiger partial charge in [-0.25, -0.2) is 4.98 Å². The lowest BCUT2D eigenvalue weighted by Crippen LogP contribution is -2.17. The maximum absolute atomic E-state index is 5.97. The van der Waals surface area contributed by atoms with E-state index in [0.717, 1.165) is 22.4 Å². The van der Waals surface area contributed by atoms with Crippen molar-refractivity contribution < 1.29 is 4.42 Å². The molecule has 1 atom stereocenters. The number of nitrogens with one attached hydrogen (secondary N) is 1. The second-order valence-electron chi connectivity index (χ2n) is 3.97. The third-order valence-corrected chi connectivity index (χ3v) is 3.66. The molecule has 0 saturated heterocycles. The van der Waals surface area contributed by atoms with Gasteiger partial charge in [0.2, 0.25) is 0 Å². The van der Waals surface area contributed by atoms with Crippen molar-refractivity contribution in [2.24, 2.45) is 0 Å². The molecule has 1 unspecified atom stereocenters. The van der Waals surface area contributed by atoms with Crippen LogP contribution in [0.3, 0.4) is 0 Å². The fraction of sp³-hybridized carbons (Fsp3) is 0.154. The van der Waals surface area contributed by atoms with Crippen LogP contribution in [0, 0.1) is 0 Å². The largest absolute Gasteiger partial charge is 0.459 e. The normalized spacial score (nSPS) is 13.0. The number of fused-ring (bicyclic) bond motifs is 1. The van der Waals surface area contributed by atoms with Gasteiger partial charge >= 0.3 is 0 Å². The number of hydrogen-bond acceptors (Lipinski definition) is 4. The summed E-state index contributed by atoms with van der Waals surface area (Å²) in [5.74, 6) is 0.848. The Balaban J connectivity index is 2.07. The van der Waals surface area contributed by atoms with Crippen molar-refractivity contribution in [3.8, 4) is 0 Å². The van der Waals surface area contributed by atoms with Crippen LogP contribution in [0.25, 0.3) is 11.0 Å². The standard InChI is InChI=1S/C13H11ClN2OS/c1-15-13(10-6-18-7-16-10)12-5-8-4-9(14)2-3-11(8)17-12/h2-7,13,15H,1H3. The van der Waals surface area contributed by atoms with Crippen molar-refractivity contribution in [3.05, 3.63) is 51.6 Å². The summed E-state index contributed by atoms with van der Waals surface area (Å²) in [4.78, 5) is 4.32. The molecule has 1 N–H and O–H groups in total. The van der Waals surface area contributed by atoms with E-state index in [0.29, 0.717) is 5.02 Å². The highest BCUT2D eigenvalue weighted by atomic mass is 35.5. The van der Waals surface area contributed by atoms with Crippen LogP contribution in [0.1, 0.15) is 17.5 Å². The summed E-state index contributed by atoms with van der Waals surface area (Å²) in [6.45, 7) is 0. The lowest BCUT2D eigenvalue weighted by Gasteiger charge is -2.09. The van der Waals surface area contributed by atoms with Gasteiger partial charge in [-0.3, -0.25) is 0 Å². The Hall–Kier alpha value is -1.36. The monoisotopic (exact) mass is 278 g/mol. The van der Waals surface area contributed by atoms with Gasteiger partial charge in [-0.05, 0) is 31.3 Å². The Morgan fingerprint density at radius 3 is 3.00 bits per heavy atom. The van der Waals surface area contributed by atoms with Gasteiger partial charge in [0.05, 0.1) is 11.2 Å². The number of benzene rings is 1. The molecule has 0 radical (unpaired) electrons. The quantitative estimate of drug-likeness (QED) is 0.791. The molecular weight excluding hydrogens is 268 g/mol. The van der Waals surface area contributed by atoms with Gasteiger partial charge in [0.25, 0.3) is 0 Å². The van der Waals surface area contributed by atoms with Crippen molar-refractivity contribution >= 4 is 33.9 Å². The summed E-state index contributed by atoms with van der Waals surface area (Å²) in [7, 11) is 1.89. The van der Waals surface area contributed by atoms with E-state index >= 15 is 0 Å². The van der Waals surface area contributed by atoms with Crippen molar-refractivity contribution in [1.82, 2.24) is 10.3 Å². The zero-order valence-electron chi connectivity index (χ0n) is 9.68. The average molecular weight is 279 g/mol. The lowest BCUT2D eigenvalue weighted by molar-refractivity contribution is 0.487. The van der Waals surface area contributed by atoms with Crippen LogP contribution in [0.15, 0.2) is 39.6 Å². The minimum Gasteiger partial charge on any atom is -0.459 e. The molecule has 2 heterocycles. The highest BCUT2D eigenvalue weighted by molar-refractivity contribution is 7.07. The van der Waals surface area contributed by atoms with Gasteiger partial charge in [0.1, 0.15) is 17.4 Å². The maximum atomic E-state index is 5.97. The summed E-state index contributed by atoms with van der Waals surface area (Å²) in [5.41, 5.74) is 3.62. The molecular formula is C13H11ClN2OS. The summed E-state index contributed by atoms with van der Waals surface area (Å²) >= 11 is 7.55. The summed E-state index contributed by atoms with van der Waals surface area (Å²) in [6.07, 6.45) is 0. The first-order valence-corrected chi connectivity index (χ1v) is 6.84. The van der Waals surface area contributed by atoms with Gasteiger partial charge < -0.3 is 9.73 Å². The molecule has 0 bridgehead atoms. The average Bonchev–Trinajstić information content (AvgIpc) is 2.98. The van der Waals surface area contributed by atoms with Crippen LogP contribution >= 0.6 is 22.9 Å². The third-order valence-electron chi connectivity index (χ3n) is 2.82. The van der Waals surface area contributed by atoms with Crippen molar-refractivity contribution in [1.29, 1.82) is 0 Å². The van der Waals surface area contributed by atoms with Crippen LogP contribution in [0.4, 0.5) is 0 Å². The second-order valence-corrected chi connectivity index (χ2v) is 5.12. The second kappa shape index (κ2) is 4.72. The highest BCUT2D eigenvalue weighted by Crippen LogP contribution is 2.29. The minimum absolute atomic E-state index is 0.0255. The molecule has 0 aliphatic rings. The molecule has 3 rings (SSSR count). The molecule has 5 heteroatoms. The molecule has 0 spiro atoms. The van der Waals surface area contributed by atoms with Gasteiger partial charge in [-0.2, -0.15) is 0 Å². The molecule has 18 heavy (non-hydrogen) atoms. The third kappa shape index (κ3) is 2.03. The molecule has 0 aliphatic carbocycles. The van der Waals surface area contributed by atoms with Crippen LogP contribution < -0.4 is 5.32 Å². The first-order chi connectivity index (χ1) is 8.78. The number of thiazole rings is 1. The minimum atomic E-state index is -0.0255. The topological polar surface area (TPSA) is 38.1 Å². The van der Waals surface area contributed by atoms with E-state index < -0.39 is 0 Å². The van der Waals surface area contributed by atoms with Crippen molar-refractivity contribution in [2.45, 2.75) is 6.04 Å². The van der Waals surface area contributed by atoms with Gasteiger partial charge in [-0.1, -0.05) is 11.6 Å². The number of aromatic nitrogens is 1. The molecule has 0 fully saturated rings. The molecule has 1 aromatic carbocycles. The fourth-order valence-corrected chi connectivity index (χ4v) is 2.74. The summed E-state index contributed by atoms with van der Waals surface area (Å²) in [6, 6.07) is 7.59. The summed E-state index contributed by atoms with van der Waals surface area (Å²) in [5, 5.41) is 6.95. The number of hydrogen-bond donors (Lipinski definition) is 1. The van der Waals surface area contributed by atoms with E-state index in [1.54, 1.807) is 11.3 Å². The van der Waals surface area contributed by atoms with Crippen molar-refractivity contribution in [2.75, 3.05) is 7.05 Å². The predicted molar refractivity (Wildman–Crippen MR) is 74.2 cm³/mol. The maximum Gasteiger partial charge on any atom is 0.134 e. The van der Waals surface area contributed by atoms with E-state index in [4.69, 9.17) is 16.0 Å². The van der Waals surface area contributed by atoms with E-state index in [2.05, 4.69) is 10.3 Å². The van der Waals surface area contributed by atoms with Crippen molar-refractivity contribution in [3.63, 3.8) is 0 Å². The van der Waals surface area contributed by atoms with Crippen LogP contribution in [0.5, 0.6) is 0 Å². The molecule has 92 valence electrons. The zero-order chi connectivity index (χ0) is 12.5. The van der Waals surface area contributed by atoms with Crippen LogP contribution in [0.2, 0.25) is 5.02 Å². The molecule has 3 nitrogen and oxygen atoms in total. The van der Waals surface area contributed by atoms with E-state index in [1.165, 1.54) is 0 Å². The predicted octanol–water partition coefficient (Wildman–Crippen LogP) is 3.85. The fourth-order valence-electron chi connectivity index (χ4n) is 1.98. The Morgan fingerprint density at radius 1 is 1.39 bits per heavy atom. The zero-order valence-corrected chi connectivity index (χ0v) is 11.3. The highest BCUT2D eigenvalue weighted by Gasteiger charge is 2.18. The SMILES string of the molecule is CNC(c1cscn1)c1cc2cc(Cl)ccc2o1. The van der Waals surface area contributed by atoms with Gasteiger partial charge in [0.15, 0.2) is 0 Å². The number of furan rings is 1. The van der Waals surface area contributed by atoms with Crippen LogP contribution in [-0.2, 0) is 0 Å². The Labute approximate surface area is 113 Å². The Bertz CT molecular complexity index is 663. The van der Waals surface area contributed by atoms with E-state index in [-0.39, 0.29) is 6.04 Å². The number of rotatable bonds is 3. The Morgan fingerprint density at radius 2 is 2.28 bits per heavy atom. The number of halogens is 1. The lowest BCUT2D eigenvalue weighted by atomic mass is 10.1. The van der Waals surface area contributed by atoms with E-state index in [1.807, 2.05) is 42.2 Å². The first-order valence-electron chi connectivity index (χ1n) is 5.52.